The Labute approximate surface area is 181 Å². The largest absolute Gasteiger partial charge is 0.497 e. The molecule has 2 heterocycles. The maximum absolute atomic E-state index is 12.0. The van der Waals surface area contributed by atoms with Crippen molar-refractivity contribution in [3.05, 3.63) is 54.1 Å². The van der Waals surface area contributed by atoms with Crippen molar-refractivity contribution in [1.29, 1.82) is 0 Å². The predicted octanol–water partition coefficient (Wildman–Crippen LogP) is 3.61. The molecule has 1 saturated heterocycles. The predicted molar refractivity (Wildman–Crippen MR) is 116 cm³/mol. The van der Waals surface area contributed by atoms with Crippen LogP contribution in [-0.4, -0.2) is 41.3 Å². The van der Waals surface area contributed by atoms with Crippen molar-refractivity contribution in [1.82, 2.24) is 20.5 Å². The van der Waals surface area contributed by atoms with Crippen molar-refractivity contribution in [3.8, 4) is 28.5 Å². The van der Waals surface area contributed by atoms with Gasteiger partial charge in [-0.25, -0.2) is 4.98 Å². The Hall–Kier alpha value is -2.90. The first-order chi connectivity index (χ1) is 14.2. The molecule has 7 nitrogen and oxygen atoms in total. The van der Waals surface area contributed by atoms with Gasteiger partial charge in [0.05, 0.1) is 7.11 Å². The molecule has 0 saturated carbocycles. The molecular weight excluding hydrogens is 404 g/mol. The van der Waals surface area contributed by atoms with Crippen LogP contribution >= 0.6 is 12.4 Å². The summed E-state index contributed by atoms with van der Waals surface area (Å²) in [6, 6.07) is 15.4. The van der Waals surface area contributed by atoms with E-state index in [-0.39, 0.29) is 25.0 Å². The molecule has 1 atom stereocenters. The number of hydrogen-bond donors (Lipinski definition) is 2. The Bertz CT molecular complexity index is 969. The maximum Gasteiger partial charge on any atom is 0.306 e. The lowest BCUT2D eigenvalue weighted by Crippen LogP contribution is -2.14. The fourth-order valence-electron chi connectivity index (χ4n) is 3.42. The number of methoxy groups -OCH3 is 1. The van der Waals surface area contributed by atoms with E-state index in [0.29, 0.717) is 24.0 Å². The van der Waals surface area contributed by atoms with Gasteiger partial charge in [-0.1, -0.05) is 18.2 Å². The number of aromatic nitrogens is 3. The Morgan fingerprint density at radius 2 is 2.00 bits per heavy atom. The Kier molecular flexibility index (Phi) is 7.43. The monoisotopic (exact) mass is 428 g/mol. The highest BCUT2D eigenvalue weighted by Gasteiger charge is 2.19. The zero-order valence-corrected chi connectivity index (χ0v) is 17.6. The highest BCUT2D eigenvalue weighted by atomic mass is 35.5. The molecule has 158 valence electrons. The summed E-state index contributed by atoms with van der Waals surface area (Å²) in [5, 5.41) is 10.6. The number of esters is 1. The molecule has 1 fully saturated rings. The highest BCUT2D eigenvalue weighted by molar-refractivity contribution is 5.85. The first kappa shape index (κ1) is 21.8. The van der Waals surface area contributed by atoms with Crippen LogP contribution in [-0.2, 0) is 16.1 Å². The number of rotatable bonds is 7. The molecule has 30 heavy (non-hydrogen) atoms. The number of carbonyl (C=O) groups is 1. The molecule has 0 spiro atoms. The molecule has 0 amide bonds. The first-order valence-corrected chi connectivity index (χ1v) is 9.74. The normalized spacial score (nSPS) is 15.4. The SMILES string of the molecule is COc1ccc(-c2nc(-c3cccc(COC(=O)CC4CCNC4)c3)n[nH]2)cc1.Cl. The first-order valence-electron chi connectivity index (χ1n) is 9.74. The van der Waals surface area contributed by atoms with E-state index < -0.39 is 0 Å². The van der Waals surface area contributed by atoms with Gasteiger partial charge in [-0.15, -0.1) is 12.4 Å². The lowest BCUT2D eigenvalue weighted by molar-refractivity contribution is -0.145. The topological polar surface area (TPSA) is 89.1 Å². The highest BCUT2D eigenvalue weighted by Crippen LogP contribution is 2.23. The molecule has 2 N–H and O–H groups in total. The minimum Gasteiger partial charge on any atom is -0.497 e. The van der Waals surface area contributed by atoms with Crippen molar-refractivity contribution >= 4 is 18.4 Å². The lowest BCUT2D eigenvalue weighted by Gasteiger charge is -2.09. The summed E-state index contributed by atoms with van der Waals surface area (Å²) in [5.74, 6) is 2.31. The third-order valence-corrected chi connectivity index (χ3v) is 5.05. The molecule has 0 bridgehead atoms. The van der Waals surface area contributed by atoms with Crippen LogP contribution in [0.2, 0.25) is 0 Å². The summed E-state index contributed by atoms with van der Waals surface area (Å²) < 4.78 is 10.6. The summed E-state index contributed by atoms with van der Waals surface area (Å²) in [6.45, 7) is 2.13. The molecule has 1 unspecified atom stereocenters. The summed E-state index contributed by atoms with van der Waals surface area (Å²) in [5.41, 5.74) is 2.71. The van der Waals surface area contributed by atoms with E-state index in [9.17, 15) is 4.79 Å². The number of aromatic amines is 1. The summed E-state index contributed by atoms with van der Waals surface area (Å²) in [7, 11) is 1.64. The van der Waals surface area contributed by atoms with Gasteiger partial charge in [0, 0.05) is 17.5 Å². The van der Waals surface area contributed by atoms with Crippen LogP contribution in [0.4, 0.5) is 0 Å². The standard InChI is InChI=1S/C22H24N4O3.ClH/c1-28-19-7-5-17(6-8-19)21-24-22(26-25-21)18-4-2-3-16(11-18)14-29-20(27)12-15-9-10-23-13-15;/h2-8,11,15,23H,9-10,12-14H2,1H3,(H,24,25,26);1H. The summed E-state index contributed by atoms with van der Waals surface area (Å²) >= 11 is 0. The number of halogens is 1. The summed E-state index contributed by atoms with van der Waals surface area (Å²) in [6.07, 6.45) is 1.50. The van der Waals surface area contributed by atoms with Crippen LogP contribution in [0.15, 0.2) is 48.5 Å². The van der Waals surface area contributed by atoms with Crippen LogP contribution < -0.4 is 10.1 Å². The van der Waals surface area contributed by atoms with Crippen LogP contribution in [0.5, 0.6) is 5.75 Å². The number of ether oxygens (including phenoxy) is 2. The Morgan fingerprint density at radius 3 is 2.73 bits per heavy atom. The molecular formula is C22H25ClN4O3. The fourth-order valence-corrected chi connectivity index (χ4v) is 3.42. The molecule has 0 radical (unpaired) electrons. The lowest BCUT2D eigenvalue weighted by atomic mass is 10.1. The maximum atomic E-state index is 12.0. The molecule has 8 heteroatoms. The van der Waals surface area contributed by atoms with Crippen molar-refractivity contribution in [2.45, 2.75) is 19.4 Å². The van der Waals surface area contributed by atoms with Crippen molar-refractivity contribution in [2.75, 3.05) is 20.2 Å². The zero-order chi connectivity index (χ0) is 20.1. The number of hydrogen-bond acceptors (Lipinski definition) is 6. The average molecular weight is 429 g/mol. The quantitative estimate of drug-likeness (QED) is 0.559. The van der Waals surface area contributed by atoms with E-state index in [0.717, 1.165) is 42.0 Å². The smallest absolute Gasteiger partial charge is 0.306 e. The molecule has 1 aliphatic rings. The van der Waals surface area contributed by atoms with Gasteiger partial charge in [-0.3, -0.25) is 9.89 Å². The second-order valence-corrected chi connectivity index (χ2v) is 7.16. The van der Waals surface area contributed by atoms with Crippen LogP contribution in [0.25, 0.3) is 22.8 Å². The van der Waals surface area contributed by atoms with Crippen molar-refractivity contribution < 1.29 is 14.3 Å². The number of H-pyrrole nitrogens is 1. The Morgan fingerprint density at radius 1 is 1.17 bits per heavy atom. The number of nitrogens with zero attached hydrogens (tertiary/aromatic N) is 2. The molecule has 0 aliphatic carbocycles. The van der Waals surface area contributed by atoms with Crippen LogP contribution in [0.1, 0.15) is 18.4 Å². The van der Waals surface area contributed by atoms with E-state index in [1.54, 1.807) is 7.11 Å². The zero-order valence-electron chi connectivity index (χ0n) is 16.8. The summed E-state index contributed by atoms with van der Waals surface area (Å²) in [4.78, 5) is 16.6. The van der Waals surface area contributed by atoms with Gasteiger partial charge in [-0.2, -0.15) is 5.10 Å². The molecule has 2 aromatic carbocycles. The van der Waals surface area contributed by atoms with Crippen LogP contribution in [0.3, 0.4) is 0 Å². The fraction of sp³-hybridized carbons (Fsp3) is 0.318. The van der Waals surface area contributed by atoms with Gasteiger partial charge in [0.15, 0.2) is 11.6 Å². The van der Waals surface area contributed by atoms with Crippen molar-refractivity contribution in [3.63, 3.8) is 0 Å². The molecule has 1 aromatic heterocycles. The van der Waals surface area contributed by atoms with E-state index in [1.165, 1.54) is 0 Å². The van der Waals surface area contributed by atoms with E-state index in [2.05, 4.69) is 20.5 Å². The second kappa shape index (κ2) is 10.2. The third kappa shape index (κ3) is 5.37. The van der Waals surface area contributed by atoms with Gasteiger partial charge < -0.3 is 14.8 Å². The van der Waals surface area contributed by atoms with Crippen molar-refractivity contribution in [2.24, 2.45) is 5.92 Å². The minimum atomic E-state index is -0.149. The molecule has 1 aliphatic heterocycles. The van der Waals surface area contributed by atoms with Gasteiger partial charge in [0.1, 0.15) is 12.4 Å². The van der Waals surface area contributed by atoms with Gasteiger partial charge >= 0.3 is 5.97 Å². The van der Waals surface area contributed by atoms with Gasteiger partial charge in [0.2, 0.25) is 0 Å². The number of carbonyl (C=O) groups excluding carboxylic acids is 1. The third-order valence-electron chi connectivity index (χ3n) is 5.05. The minimum absolute atomic E-state index is 0. The number of nitrogens with one attached hydrogen (secondary N) is 2. The molecule has 4 rings (SSSR count). The molecule has 3 aromatic rings. The Balaban J connectivity index is 0.00000256. The van der Waals surface area contributed by atoms with E-state index >= 15 is 0 Å². The van der Waals surface area contributed by atoms with Gasteiger partial charge in [-0.05, 0) is 61.3 Å². The second-order valence-electron chi connectivity index (χ2n) is 7.16. The average Bonchev–Trinajstić information content (AvgIpc) is 3.45. The number of benzene rings is 2. The van der Waals surface area contributed by atoms with E-state index in [1.807, 2.05) is 48.5 Å². The van der Waals surface area contributed by atoms with Crippen LogP contribution in [0, 0.1) is 5.92 Å². The van der Waals surface area contributed by atoms with E-state index in [4.69, 9.17) is 9.47 Å². The van der Waals surface area contributed by atoms with Gasteiger partial charge in [0.25, 0.3) is 0 Å².